The molecule has 0 fully saturated rings. The van der Waals surface area contributed by atoms with E-state index in [0.29, 0.717) is 0 Å². The predicted molar refractivity (Wildman–Crippen MR) is 181 cm³/mol. The number of pyridine rings is 2. The van der Waals surface area contributed by atoms with Crippen molar-refractivity contribution in [2.75, 3.05) is 0 Å². The van der Waals surface area contributed by atoms with Crippen LogP contribution in [0.1, 0.15) is 40.5 Å². The van der Waals surface area contributed by atoms with E-state index in [-0.39, 0.29) is 20.1 Å². The molecule has 0 aliphatic rings. The third-order valence-corrected chi connectivity index (χ3v) is 12.8. The Morgan fingerprint density at radius 1 is 0.857 bits per heavy atom. The van der Waals surface area contributed by atoms with Crippen LogP contribution in [0.2, 0.25) is 17.3 Å². The van der Waals surface area contributed by atoms with E-state index < -0.39 is 25.1 Å². The van der Waals surface area contributed by atoms with Crippen LogP contribution in [0, 0.1) is 25.0 Å². The minimum Gasteiger partial charge on any atom is 0 e. The first-order valence-electron chi connectivity index (χ1n) is 15.0. The third-order valence-electron chi connectivity index (χ3n) is 7.36. The zero-order valence-corrected chi connectivity index (χ0v) is 30.6. The molecule has 6 aromatic rings. The van der Waals surface area contributed by atoms with Gasteiger partial charge in [0.15, 0.2) is 0 Å². The van der Waals surface area contributed by atoms with Crippen molar-refractivity contribution in [1.82, 2.24) is 9.97 Å². The van der Waals surface area contributed by atoms with Gasteiger partial charge in [-0.25, -0.2) is 0 Å². The van der Waals surface area contributed by atoms with Gasteiger partial charge >= 0.3 is 99.8 Å². The van der Waals surface area contributed by atoms with E-state index in [2.05, 4.69) is 88.8 Å². The number of benzene rings is 3. The Balaban J connectivity index is 0.000000223. The minimum atomic E-state index is -1.72. The van der Waals surface area contributed by atoms with Crippen LogP contribution in [-0.2, 0) is 20.1 Å². The fourth-order valence-corrected chi connectivity index (χ4v) is 8.08. The Morgan fingerprint density at radius 2 is 1.62 bits per heavy atom. The number of nitrogens with zero attached hydrogens (tertiary/aromatic N) is 2. The number of fused-ring (bicyclic) bond motifs is 3. The summed E-state index contributed by atoms with van der Waals surface area (Å²) < 4.78 is 21.0. The summed E-state index contributed by atoms with van der Waals surface area (Å²) >= 11 is 0.0397. The summed E-state index contributed by atoms with van der Waals surface area (Å²) in [5.74, 6) is 5.19. The first kappa shape index (κ1) is 29.4. The van der Waals surface area contributed by atoms with Crippen molar-refractivity contribution in [1.29, 1.82) is 0 Å². The van der Waals surface area contributed by atoms with Crippen LogP contribution in [-0.4, -0.2) is 23.2 Å². The van der Waals surface area contributed by atoms with Gasteiger partial charge in [0.2, 0.25) is 0 Å². The van der Waals surface area contributed by atoms with Crippen LogP contribution in [0.25, 0.3) is 42.7 Å². The summed E-state index contributed by atoms with van der Waals surface area (Å²) in [6, 6.07) is 33.4. The SMILES string of the molecule is [2H]C(C)(C)C([2H])(C)c1ccnc(-c2[c-]c(C)cc3c2sc2ccccc23)c1.[CH3][Ge]([CH3])([CH3])[c]1ccc(-c2[c-]cccc2)nc1.[Ir]. The number of hydrogen-bond donors (Lipinski definition) is 0. The molecule has 6 rings (SSSR count). The Morgan fingerprint density at radius 3 is 2.29 bits per heavy atom. The third kappa shape index (κ3) is 7.29. The van der Waals surface area contributed by atoms with Crippen molar-refractivity contribution in [2.45, 2.75) is 50.9 Å². The molecule has 0 spiro atoms. The number of rotatable bonds is 5. The fraction of sp³-hybridized carbons (Fsp3) is 0.243. The minimum absolute atomic E-state index is 0. The number of hydrogen-bond acceptors (Lipinski definition) is 3. The number of aromatic nitrogens is 2. The predicted octanol–water partition coefficient (Wildman–Crippen LogP) is 10.1. The van der Waals surface area contributed by atoms with E-state index >= 15 is 0 Å². The largest absolute Gasteiger partial charge is 0 e. The molecule has 5 heteroatoms. The first-order chi connectivity index (χ1) is 20.3. The number of aryl methyl sites for hydroxylation is 1. The molecule has 0 saturated heterocycles. The van der Waals surface area contributed by atoms with Gasteiger partial charge in [-0.15, -0.1) is 23.3 Å². The second kappa shape index (κ2) is 13.8. The molecule has 0 aliphatic heterocycles. The van der Waals surface area contributed by atoms with Gasteiger partial charge in [0.25, 0.3) is 0 Å². The van der Waals surface area contributed by atoms with Crippen LogP contribution in [0.4, 0.5) is 0 Å². The molecule has 0 saturated carbocycles. The van der Waals surface area contributed by atoms with Crippen LogP contribution in [0.15, 0.2) is 91.3 Å². The molecule has 0 bridgehead atoms. The molecular weight excluding hydrogens is 769 g/mol. The molecule has 0 amide bonds. The van der Waals surface area contributed by atoms with Gasteiger partial charge in [0.1, 0.15) is 0 Å². The van der Waals surface area contributed by atoms with Crippen LogP contribution in [0.5, 0.6) is 0 Å². The van der Waals surface area contributed by atoms with Gasteiger partial charge in [0.05, 0.1) is 0 Å². The Hall–Kier alpha value is -2.63. The molecule has 3 heterocycles. The van der Waals surface area contributed by atoms with Crippen LogP contribution < -0.4 is 4.40 Å². The molecule has 0 N–H and O–H groups in total. The zero-order chi connectivity index (χ0) is 31.0. The molecule has 217 valence electrons. The monoisotopic (exact) mass is 811 g/mol. The van der Waals surface area contributed by atoms with Crippen molar-refractivity contribution in [3.05, 3.63) is 115 Å². The second-order valence-electron chi connectivity index (χ2n) is 11.7. The van der Waals surface area contributed by atoms with E-state index in [1.165, 1.54) is 24.6 Å². The molecule has 42 heavy (non-hydrogen) atoms. The normalized spacial score (nSPS) is 13.8. The molecule has 2 nitrogen and oxygen atoms in total. The van der Waals surface area contributed by atoms with E-state index in [9.17, 15) is 0 Å². The molecule has 0 aliphatic carbocycles. The van der Waals surface area contributed by atoms with Gasteiger partial charge in [0, 0.05) is 33.7 Å². The summed E-state index contributed by atoms with van der Waals surface area (Å²) in [7, 11) is 0. The molecule has 3 aromatic carbocycles. The fourth-order valence-electron chi connectivity index (χ4n) is 4.72. The summed E-state index contributed by atoms with van der Waals surface area (Å²) in [5.41, 5.74) is 5.74. The van der Waals surface area contributed by atoms with Gasteiger partial charge in [-0.05, 0) is 39.7 Å². The zero-order valence-electron chi connectivity index (χ0n) is 27.3. The first-order valence-corrected chi connectivity index (χ1v) is 22.2. The maximum atomic E-state index is 8.75. The maximum absolute atomic E-state index is 8.75. The smallest absolute Gasteiger partial charge is 0 e. The van der Waals surface area contributed by atoms with Crippen molar-refractivity contribution < 1.29 is 22.8 Å². The average molecular weight is 810 g/mol. The molecular formula is C37H38GeIrN2S-2. The second-order valence-corrected chi connectivity index (χ2v) is 23.4. The van der Waals surface area contributed by atoms with Gasteiger partial charge in [-0.3, -0.25) is 0 Å². The molecule has 1 atom stereocenters. The summed E-state index contributed by atoms with van der Waals surface area (Å²) in [6.45, 7) is 7.42. The Kier molecular flexibility index (Phi) is 9.66. The van der Waals surface area contributed by atoms with Crippen molar-refractivity contribution >= 4 is 49.2 Å². The summed E-state index contributed by atoms with van der Waals surface area (Å²) in [5, 5.41) is 2.48. The van der Waals surface area contributed by atoms with Gasteiger partial charge in [-0.1, -0.05) is 62.9 Å². The molecule has 3 aromatic heterocycles. The van der Waals surface area contributed by atoms with Crippen LogP contribution >= 0.6 is 11.3 Å². The topological polar surface area (TPSA) is 25.8 Å². The van der Waals surface area contributed by atoms with Gasteiger partial charge in [-0.2, -0.15) is 11.3 Å². The Labute approximate surface area is 274 Å². The quantitative estimate of drug-likeness (QED) is 0.128. The molecule has 1 radical (unpaired) electrons. The summed E-state index contributed by atoms with van der Waals surface area (Å²) in [4.78, 5) is 9.13. The van der Waals surface area contributed by atoms with E-state index in [1.807, 2.05) is 42.6 Å². The van der Waals surface area contributed by atoms with E-state index in [4.69, 9.17) is 2.74 Å². The van der Waals surface area contributed by atoms with Crippen molar-refractivity contribution in [3.8, 4) is 22.5 Å². The van der Waals surface area contributed by atoms with E-state index in [1.54, 1.807) is 38.3 Å². The van der Waals surface area contributed by atoms with E-state index in [0.717, 1.165) is 33.6 Å². The van der Waals surface area contributed by atoms with Crippen molar-refractivity contribution in [2.24, 2.45) is 5.89 Å². The standard InChI is InChI=1S/C23H22NS.C14H16GeN.Ir/c1-14(2)16(4)17-9-10-24-21(13-17)20-12-15(3)11-19-18-7-5-6-8-22(18)25-23(19)20;1-15(2,3)13-9-10-14(16-11-13)12-7-5-4-6-8-12;/h5-11,13-14,16H,1-4H3;4-7,9-11H,1-3H3;/q2*-1;/i14D,16D;;. The number of thiophene rings is 1. The van der Waals surface area contributed by atoms with Crippen LogP contribution in [0.3, 0.4) is 0 Å². The summed E-state index contributed by atoms with van der Waals surface area (Å²) in [6.07, 6.45) is 3.79. The van der Waals surface area contributed by atoms with Gasteiger partial charge < -0.3 is 4.98 Å². The van der Waals surface area contributed by atoms with Crippen molar-refractivity contribution in [3.63, 3.8) is 0 Å². The maximum Gasteiger partial charge on any atom is 0 e. The molecule has 1 unspecified atom stereocenters. The average Bonchev–Trinajstić information content (AvgIpc) is 3.35. The Bertz CT molecular complexity index is 1870.